The van der Waals surface area contributed by atoms with Crippen LogP contribution in [-0.2, 0) is 19.6 Å². The predicted octanol–water partition coefficient (Wildman–Crippen LogP) is 3.21. The zero-order valence-corrected chi connectivity index (χ0v) is 20.3. The highest BCUT2D eigenvalue weighted by molar-refractivity contribution is 7.89. The molecule has 33 heavy (non-hydrogen) atoms. The minimum Gasteiger partial charge on any atom is -0.495 e. The highest BCUT2D eigenvalue weighted by atomic mass is 32.2. The Balaban J connectivity index is 1.70. The lowest BCUT2D eigenvalue weighted by Gasteiger charge is -2.33. The van der Waals surface area contributed by atoms with E-state index in [1.165, 1.54) is 24.6 Å². The Bertz CT molecular complexity index is 987. The molecule has 1 aromatic rings. The molecule has 0 bridgehead atoms. The van der Waals surface area contributed by atoms with E-state index in [-0.39, 0.29) is 34.1 Å². The minimum absolute atomic E-state index is 0.00626. The molecule has 0 N–H and O–H groups in total. The van der Waals surface area contributed by atoms with Gasteiger partial charge in [0.25, 0.3) is 5.91 Å². The average molecular weight is 479 g/mol. The van der Waals surface area contributed by atoms with Crippen LogP contribution < -0.4 is 4.74 Å². The number of carbonyl (C=O) groups is 2. The van der Waals surface area contributed by atoms with Crippen LogP contribution in [-0.4, -0.2) is 68.9 Å². The normalized spacial score (nSPS) is 26.4. The number of nitrogens with zero attached hydrogens (tertiary/aromatic N) is 2. The lowest BCUT2D eigenvalue weighted by atomic mass is 9.84. The smallest absolute Gasteiger partial charge is 0.328 e. The fourth-order valence-corrected chi connectivity index (χ4v) is 7.38. The molecule has 2 aliphatic heterocycles. The predicted molar refractivity (Wildman–Crippen MR) is 123 cm³/mol. The number of amides is 1. The molecule has 3 aliphatic rings. The molecule has 0 unspecified atom stereocenters. The molecule has 1 aromatic carbocycles. The van der Waals surface area contributed by atoms with Crippen molar-refractivity contribution in [2.75, 3.05) is 27.3 Å². The molecule has 2 heterocycles. The van der Waals surface area contributed by atoms with Crippen molar-refractivity contribution in [3.05, 3.63) is 23.8 Å². The molecular weight excluding hydrogens is 444 g/mol. The summed E-state index contributed by atoms with van der Waals surface area (Å²) in [6.45, 7) is 0.925. The van der Waals surface area contributed by atoms with Crippen molar-refractivity contribution in [1.82, 2.24) is 9.21 Å². The van der Waals surface area contributed by atoms with E-state index in [2.05, 4.69) is 0 Å². The molecular formula is C24H34N2O6S. The molecule has 0 spiro atoms. The summed E-state index contributed by atoms with van der Waals surface area (Å²) in [6.07, 6.45) is 8.18. The number of ether oxygens (including phenoxy) is 2. The van der Waals surface area contributed by atoms with E-state index in [4.69, 9.17) is 9.47 Å². The first-order chi connectivity index (χ1) is 15.9. The summed E-state index contributed by atoms with van der Waals surface area (Å²) in [6, 6.07) is 3.89. The Morgan fingerprint density at radius 2 is 1.67 bits per heavy atom. The second-order valence-corrected chi connectivity index (χ2v) is 11.2. The standard InChI is InChI=1S/C24H34N2O6S/c1-31-21-12-11-18(16-22(21)33(29,30)25-13-7-3-4-8-14-25)23(27)26-19-10-6-5-9-17(19)15-20(26)24(28)32-2/h11-12,16-17,19-20H,3-10,13-15H2,1-2H3/t17-,19-,20+/m1/s1. The monoisotopic (exact) mass is 478 g/mol. The first-order valence-electron chi connectivity index (χ1n) is 12.0. The Morgan fingerprint density at radius 3 is 2.33 bits per heavy atom. The zero-order valence-electron chi connectivity index (χ0n) is 19.5. The van der Waals surface area contributed by atoms with Gasteiger partial charge in [-0.15, -0.1) is 0 Å². The van der Waals surface area contributed by atoms with E-state index in [9.17, 15) is 18.0 Å². The highest BCUT2D eigenvalue weighted by Gasteiger charge is 2.48. The van der Waals surface area contributed by atoms with Gasteiger partial charge in [-0.1, -0.05) is 25.7 Å². The van der Waals surface area contributed by atoms with E-state index in [1.54, 1.807) is 17.0 Å². The van der Waals surface area contributed by atoms with Gasteiger partial charge in [-0.2, -0.15) is 4.31 Å². The van der Waals surface area contributed by atoms with Gasteiger partial charge in [0.2, 0.25) is 10.0 Å². The fraction of sp³-hybridized carbons (Fsp3) is 0.667. The number of benzene rings is 1. The van der Waals surface area contributed by atoms with Crippen LogP contribution in [0.25, 0.3) is 0 Å². The molecule has 4 rings (SSSR count). The second-order valence-electron chi connectivity index (χ2n) is 9.28. The lowest BCUT2D eigenvalue weighted by molar-refractivity contribution is -0.145. The van der Waals surface area contributed by atoms with Gasteiger partial charge in [-0.3, -0.25) is 4.79 Å². The van der Waals surface area contributed by atoms with Crippen molar-refractivity contribution in [3.8, 4) is 5.75 Å². The van der Waals surface area contributed by atoms with Gasteiger partial charge in [0.15, 0.2) is 0 Å². The van der Waals surface area contributed by atoms with Crippen LogP contribution >= 0.6 is 0 Å². The summed E-state index contributed by atoms with van der Waals surface area (Å²) < 4.78 is 38.9. The maximum Gasteiger partial charge on any atom is 0.328 e. The van der Waals surface area contributed by atoms with Crippen LogP contribution in [0.5, 0.6) is 5.75 Å². The molecule has 3 atom stereocenters. The number of hydrogen-bond donors (Lipinski definition) is 0. The number of sulfonamides is 1. The number of hydrogen-bond acceptors (Lipinski definition) is 6. The first-order valence-corrected chi connectivity index (χ1v) is 13.4. The van der Waals surface area contributed by atoms with Crippen molar-refractivity contribution in [2.24, 2.45) is 5.92 Å². The lowest BCUT2D eigenvalue weighted by Crippen LogP contribution is -2.46. The van der Waals surface area contributed by atoms with Crippen molar-refractivity contribution in [3.63, 3.8) is 0 Å². The van der Waals surface area contributed by atoms with E-state index >= 15 is 0 Å². The van der Waals surface area contributed by atoms with Crippen molar-refractivity contribution < 1.29 is 27.5 Å². The summed E-state index contributed by atoms with van der Waals surface area (Å²) in [4.78, 5) is 27.9. The molecule has 3 fully saturated rings. The van der Waals surface area contributed by atoms with Gasteiger partial charge in [-0.25, -0.2) is 13.2 Å². The summed E-state index contributed by atoms with van der Waals surface area (Å²) in [7, 11) is -1.05. The molecule has 9 heteroatoms. The van der Waals surface area contributed by atoms with Gasteiger partial charge >= 0.3 is 5.97 Å². The Labute approximate surface area is 196 Å². The molecule has 1 aliphatic carbocycles. The van der Waals surface area contributed by atoms with Gasteiger partial charge in [-0.05, 0) is 56.2 Å². The minimum atomic E-state index is -3.82. The third-order valence-electron chi connectivity index (χ3n) is 7.39. The van der Waals surface area contributed by atoms with Gasteiger partial charge in [0.05, 0.1) is 14.2 Å². The third-order valence-corrected chi connectivity index (χ3v) is 9.31. The number of rotatable bonds is 5. The Morgan fingerprint density at radius 1 is 0.970 bits per heavy atom. The third kappa shape index (κ3) is 4.62. The second kappa shape index (κ2) is 10.0. The van der Waals surface area contributed by atoms with Crippen LogP contribution in [0.1, 0.15) is 68.1 Å². The highest BCUT2D eigenvalue weighted by Crippen LogP contribution is 2.41. The molecule has 8 nitrogen and oxygen atoms in total. The van der Waals surface area contributed by atoms with Crippen LogP contribution in [0, 0.1) is 5.92 Å². The quantitative estimate of drug-likeness (QED) is 0.604. The maximum atomic E-state index is 13.7. The molecule has 0 aromatic heterocycles. The number of methoxy groups -OCH3 is 2. The van der Waals surface area contributed by atoms with E-state index in [0.717, 1.165) is 51.4 Å². The van der Waals surface area contributed by atoms with Crippen molar-refractivity contribution >= 4 is 21.9 Å². The van der Waals surface area contributed by atoms with E-state index in [0.29, 0.717) is 19.5 Å². The van der Waals surface area contributed by atoms with Crippen LogP contribution in [0.2, 0.25) is 0 Å². The first kappa shape index (κ1) is 24.0. The summed E-state index contributed by atoms with van der Waals surface area (Å²) >= 11 is 0. The number of carbonyl (C=O) groups excluding carboxylic acids is 2. The van der Waals surface area contributed by atoms with Crippen LogP contribution in [0.4, 0.5) is 0 Å². The summed E-state index contributed by atoms with van der Waals surface area (Å²) in [5.74, 6) is -0.249. The van der Waals surface area contributed by atoms with Crippen molar-refractivity contribution in [2.45, 2.75) is 74.8 Å². The van der Waals surface area contributed by atoms with Crippen LogP contribution in [0.3, 0.4) is 0 Å². The van der Waals surface area contributed by atoms with Gasteiger partial charge < -0.3 is 14.4 Å². The Hall–Kier alpha value is -2.13. The average Bonchev–Trinajstić information content (AvgIpc) is 3.00. The topological polar surface area (TPSA) is 93.2 Å². The largest absolute Gasteiger partial charge is 0.495 e. The van der Waals surface area contributed by atoms with E-state index in [1.807, 2.05) is 0 Å². The molecule has 0 radical (unpaired) electrons. The zero-order chi connectivity index (χ0) is 23.6. The molecule has 182 valence electrons. The van der Waals surface area contributed by atoms with E-state index < -0.39 is 22.0 Å². The SMILES string of the molecule is COC(=O)[C@@H]1C[C@H]2CCCC[C@H]2N1C(=O)c1ccc(OC)c(S(=O)(=O)N2CCCCCC2)c1. The van der Waals surface area contributed by atoms with Crippen LogP contribution in [0.15, 0.2) is 23.1 Å². The molecule has 2 saturated heterocycles. The number of esters is 1. The number of likely N-dealkylation sites (tertiary alicyclic amines) is 1. The number of fused-ring (bicyclic) bond motifs is 1. The summed E-state index contributed by atoms with van der Waals surface area (Å²) in [5, 5.41) is 0. The fourth-order valence-electron chi connectivity index (χ4n) is 5.68. The van der Waals surface area contributed by atoms with Gasteiger partial charge in [0, 0.05) is 24.7 Å². The molecule has 1 saturated carbocycles. The Kier molecular flexibility index (Phi) is 7.28. The summed E-state index contributed by atoms with van der Waals surface area (Å²) in [5.41, 5.74) is 0.254. The van der Waals surface area contributed by atoms with Gasteiger partial charge in [0.1, 0.15) is 16.7 Å². The maximum absolute atomic E-state index is 13.7. The molecule has 1 amide bonds. The van der Waals surface area contributed by atoms with Crippen molar-refractivity contribution in [1.29, 1.82) is 0 Å².